The van der Waals surface area contributed by atoms with E-state index in [1.54, 1.807) is 0 Å². The summed E-state index contributed by atoms with van der Waals surface area (Å²) in [5.74, 6) is -4.12. The van der Waals surface area contributed by atoms with E-state index < -0.39 is 66.7 Å². The van der Waals surface area contributed by atoms with E-state index in [0.717, 1.165) is 34.6 Å². The summed E-state index contributed by atoms with van der Waals surface area (Å²) in [6, 6.07) is 0. The number of aliphatic hydroxyl groups is 1. The number of hydrogen-bond acceptors (Lipinski definition) is 11. The van der Waals surface area contributed by atoms with E-state index in [1.165, 1.54) is 0 Å². The maximum atomic E-state index is 11.6. The second-order valence-electron chi connectivity index (χ2n) is 6.03. The third-order valence-corrected chi connectivity index (χ3v) is 3.45. The lowest BCUT2D eigenvalue weighted by atomic mass is 9.92. The Morgan fingerprint density at radius 3 is 1.86 bits per heavy atom. The lowest BCUT2D eigenvalue weighted by Crippen LogP contribution is -2.75. The van der Waals surface area contributed by atoms with E-state index in [1.807, 2.05) is 0 Å². The highest BCUT2D eigenvalue weighted by molar-refractivity contribution is 5.74. The van der Waals surface area contributed by atoms with Crippen molar-refractivity contribution in [2.24, 2.45) is 0 Å². The molecule has 158 valence electrons. The van der Waals surface area contributed by atoms with E-state index in [-0.39, 0.29) is 0 Å². The normalized spacial score (nSPS) is 29.2. The molecule has 5 atom stereocenters. The van der Waals surface area contributed by atoms with Gasteiger partial charge in [-0.1, -0.05) is 0 Å². The standard InChI is InChI=1S/C16H23NO11/c1-7(18)17-16(23)14(26-10(4)21)13(25-9(3)20)12(6-24-8(2)19)28-15(16)27-11(5)22/h12-15,23H,6H2,1-5H3,(H,17,18)/t12-,13-,14+,15+,16-/m1/s1. The van der Waals surface area contributed by atoms with E-state index >= 15 is 0 Å². The number of carbonyl (C=O) groups excluding carboxylic acids is 5. The molecule has 1 heterocycles. The number of hydrogen-bond donors (Lipinski definition) is 2. The zero-order valence-corrected chi connectivity index (χ0v) is 16.0. The first-order valence-corrected chi connectivity index (χ1v) is 8.18. The second kappa shape index (κ2) is 9.46. The monoisotopic (exact) mass is 405 g/mol. The van der Waals surface area contributed by atoms with Crippen molar-refractivity contribution in [2.45, 2.75) is 64.9 Å². The van der Waals surface area contributed by atoms with Gasteiger partial charge in [0.15, 0.2) is 12.2 Å². The highest BCUT2D eigenvalue weighted by Gasteiger charge is 2.61. The molecule has 1 saturated heterocycles. The molecule has 0 unspecified atom stereocenters. The lowest BCUT2D eigenvalue weighted by molar-refractivity contribution is -0.340. The molecule has 1 aliphatic heterocycles. The van der Waals surface area contributed by atoms with Crippen LogP contribution in [0.3, 0.4) is 0 Å². The van der Waals surface area contributed by atoms with Gasteiger partial charge in [0, 0.05) is 34.6 Å². The molecule has 1 fully saturated rings. The summed E-state index contributed by atoms with van der Waals surface area (Å²) in [5, 5.41) is 13.1. The quantitative estimate of drug-likeness (QED) is 0.301. The average molecular weight is 405 g/mol. The van der Waals surface area contributed by atoms with Crippen molar-refractivity contribution < 1.29 is 52.8 Å². The van der Waals surface area contributed by atoms with Gasteiger partial charge in [-0.25, -0.2) is 0 Å². The Hall–Kier alpha value is -2.73. The van der Waals surface area contributed by atoms with Gasteiger partial charge in [-0.3, -0.25) is 24.0 Å². The van der Waals surface area contributed by atoms with Crippen LogP contribution < -0.4 is 5.32 Å². The van der Waals surface area contributed by atoms with Crippen molar-refractivity contribution in [3.63, 3.8) is 0 Å². The summed E-state index contributed by atoms with van der Waals surface area (Å²) in [6.07, 6.45) is -6.43. The summed E-state index contributed by atoms with van der Waals surface area (Å²) in [4.78, 5) is 57.3. The van der Waals surface area contributed by atoms with Crippen molar-refractivity contribution in [2.75, 3.05) is 6.61 Å². The minimum atomic E-state index is -2.60. The fourth-order valence-corrected chi connectivity index (χ4v) is 2.60. The summed E-state index contributed by atoms with van der Waals surface area (Å²) in [6.45, 7) is 4.74. The number of carbonyl (C=O) groups is 5. The molecule has 12 heteroatoms. The molecule has 2 N–H and O–H groups in total. The molecule has 1 rings (SSSR count). The van der Waals surface area contributed by atoms with Crippen LogP contribution in [0, 0.1) is 0 Å². The van der Waals surface area contributed by atoms with E-state index in [2.05, 4.69) is 5.32 Å². The summed E-state index contributed by atoms with van der Waals surface area (Å²) in [5.41, 5.74) is -2.60. The van der Waals surface area contributed by atoms with Gasteiger partial charge in [-0.2, -0.15) is 0 Å². The van der Waals surface area contributed by atoms with Crippen molar-refractivity contribution in [1.82, 2.24) is 5.32 Å². The molecule has 0 spiro atoms. The Bertz CT molecular complexity index is 649. The van der Waals surface area contributed by atoms with Gasteiger partial charge in [0.25, 0.3) is 6.29 Å². The lowest BCUT2D eigenvalue weighted by Gasteiger charge is -2.48. The van der Waals surface area contributed by atoms with Crippen molar-refractivity contribution in [3.8, 4) is 0 Å². The first-order valence-electron chi connectivity index (χ1n) is 8.18. The summed E-state index contributed by atoms with van der Waals surface area (Å²) in [7, 11) is 0. The van der Waals surface area contributed by atoms with Gasteiger partial charge in [-0.15, -0.1) is 0 Å². The topological polar surface area (TPSA) is 164 Å². The van der Waals surface area contributed by atoms with Crippen LogP contribution in [0.25, 0.3) is 0 Å². The molecule has 28 heavy (non-hydrogen) atoms. The van der Waals surface area contributed by atoms with E-state index in [4.69, 9.17) is 23.7 Å². The molecule has 0 saturated carbocycles. The smallest absolute Gasteiger partial charge is 0.305 e. The van der Waals surface area contributed by atoms with Gasteiger partial charge < -0.3 is 34.1 Å². The fourth-order valence-electron chi connectivity index (χ4n) is 2.60. The molecule has 0 aromatic heterocycles. The first kappa shape index (κ1) is 23.3. The number of nitrogens with one attached hydrogen (secondary N) is 1. The molecule has 12 nitrogen and oxygen atoms in total. The van der Waals surface area contributed by atoms with Crippen LogP contribution in [-0.2, 0) is 47.7 Å². The Morgan fingerprint density at radius 1 is 0.893 bits per heavy atom. The summed E-state index contributed by atoms with van der Waals surface area (Å²) < 4.78 is 25.4. The SMILES string of the molecule is CC(=O)N[C@]1(O)[C@@H](OC(C)=O)O[C@H](COC(C)=O)[C@@H](OC(C)=O)[C@@H]1OC(C)=O. The molecule has 0 radical (unpaired) electrons. The Morgan fingerprint density at radius 2 is 1.43 bits per heavy atom. The largest absolute Gasteiger partial charge is 0.463 e. The van der Waals surface area contributed by atoms with Crippen LogP contribution >= 0.6 is 0 Å². The zero-order valence-electron chi connectivity index (χ0n) is 16.0. The van der Waals surface area contributed by atoms with Gasteiger partial charge in [0.1, 0.15) is 12.7 Å². The Balaban J connectivity index is 3.44. The van der Waals surface area contributed by atoms with Gasteiger partial charge >= 0.3 is 23.9 Å². The van der Waals surface area contributed by atoms with Crippen LogP contribution in [0.15, 0.2) is 0 Å². The predicted octanol–water partition coefficient (Wildman–Crippen LogP) is -1.47. The molecule has 1 aliphatic rings. The Labute approximate surface area is 160 Å². The molecule has 0 aromatic carbocycles. The van der Waals surface area contributed by atoms with Gasteiger partial charge in [-0.05, 0) is 0 Å². The molecule has 1 amide bonds. The molecule has 0 aliphatic carbocycles. The van der Waals surface area contributed by atoms with Crippen LogP contribution in [-0.4, -0.2) is 71.8 Å². The van der Waals surface area contributed by atoms with Crippen LogP contribution in [0.1, 0.15) is 34.6 Å². The second-order valence-corrected chi connectivity index (χ2v) is 6.03. The molecule has 0 bridgehead atoms. The summed E-state index contributed by atoms with van der Waals surface area (Å²) >= 11 is 0. The maximum absolute atomic E-state index is 11.6. The number of esters is 4. The fraction of sp³-hybridized carbons (Fsp3) is 0.688. The van der Waals surface area contributed by atoms with Crippen molar-refractivity contribution in [1.29, 1.82) is 0 Å². The van der Waals surface area contributed by atoms with Crippen molar-refractivity contribution >= 4 is 29.8 Å². The minimum Gasteiger partial charge on any atom is -0.463 e. The van der Waals surface area contributed by atoms with Crippen LogP contribution in [0.2, 0.25) is 0 Å². The van der Waals surface area contributed by atoms with Crippen LogP contribution in [0.5, 0.6) is 0 Å². The molecule has 0 aromatic rings. The first-order chi connectivity index (χ1) is 12.9. The zero-order chi connectivity index (χ0) is 21.6. The highest BCUT2D eigenvalue weighted by Crippen LogP contribution is 2.33. The third-order valence-electron chi connectivity index (χ3n) is 3.45. The number of amides is 1. The molecular formula is C16H23NO11. The van der Waals surface area contributed by atoms with Crippen molar-refractivity contribution in [3.05, 3.63) is 0 Å². The van der Waals surface area contributed by atoms with Gasteiger partial charge in [0.2, 0.25) is 11.6 Å². The Kier molecular flexibility index (Phi) is 7.88. The van der Waals surface area contributed by atoms with Crippen LogP contribution in [0.4, 0.5) is 0 Å². The predicted molar refractivity (Wildman–Crippen MR) is 86.9 cm³/mol. The average Bonchev–Trinajstić information content (AvgIpc) is 2.50. The van der Waals surface area contributed by atoms with E-state index in [0.29, 0.717) is 0 Å². The molecular weight excluding hydrogens is 382 g/mol. The maximum Gasteiger partial charge on any atom is 0.305 e. The minimum absolute atomic E-state index is 0.487. The highest BCUT2D eigenvalue weighted by atomic mass is 16.7. The van der Waals surface area contributed by atoms with Gasteiger partial charge in [0.05, 0.1) is 0 Å². The number of rotatable bonds is 6. The number of ether oxygens (including phenoxy) is 5. The third kappa shape index (κ3) is 6.16. The van der Waals surface area contributed by atoms with E-state index in [9.17, 15) is 29.1 Å².